The van der Waals surface area contributed by atoms with Crippen LogP contribution in [0.5, 0.6) is 0 Å². The highest BCUT2D eigenvalue weighted by molar-refractivity contribution is 7.89. The predicted octanol–water partition coefficient (Wildman–Crippen LogP) is 0.532. The second-order valence-electron chi connectivity index (χ2n) is 6.31. The first-order valence-corrected chi connectivity index (χ1v) is 9.41. The zero-order valence-electron chi connectivity index (χ0n) is 13.8. The number of benzene rings is 1. The van der Waals surface area contributed by atoms with Gasteiger partial charge < -0.3 is 5.32 Å². The third-order valence-corrected chi connectivity index (χ3v) is 6.53. The van der Waals surface area contributed by atoms with Crippen molar-refractivity contribution in [2.45, 2.75) is 17.7 Å². The Labute approximate surface area is 141 Å². The molecule has 1 aromatic carbocycles. The van der Waals surface area contributed by atoms with Crippen molar-refractivity contribution in [1.29, 1.82) is 0 Å². The number of nitrogens with zero attached hydrogens (tertiary/aromatic N) is 2. The van der Waals surface area contributed by atoms with E-state index in [2.05, 4.69) is 5.32 Å². The van der Waals surface area contributed by atoms with Crippen LogP contribution in [0.2, 0.25) is 0 Å². The molecule has 0 bridgehead atoms. The van der Waals surface area contributed by atoms with Gasteiger partial charge in [-0.25, -0.2) is 8.42 Å². The van der Waals surface area contributed by atoms with Gasteiger partial charge in [-0.2, -0.15) is 4.31 Å². The summed E-state index contributed by atoms with van der Waals surface area (Å²) in [6.07, 6.45) is 1.81. The number of sulfonamides is 1. The average Bonchev–Trinajstić information content (AvgIpc) is 2.80. The lowest BCUT2D eigenvalue weighted by molar-refractivity contribution is 0.0693. The molecule has 0 radical (unpaired) electrons. The molecule has 8 heteroatoms. The van der Waals surface area contributed by atoms with Crippen molar-refractivity contribution in [2.75, 3.05) is 33.7 Å². The number of carbonyl (C=O) groups is 2. The molecular weight excluding hydrogens is 330 g/mol. The van der Waals surface area contributed by atoms with Gasteiger partial charge in [-0.3, -0.25) is 14.5 Å². The molecule has 24 heavy (non-hydrogen) atoms. The van der Waals surface area contributed by atoms with Crippen LogP contribution in [0.4, 0.5) is 0 Å². The van der Waals surface area contributed by atoms with Crippen molar-refractivity contribution in [2.24, 2.45) is 5.92 Å². The lowest BCUT2D eigenvalue weighted by Crippen LogP contribution is -2.42. The highest BCUT2D eigenvalue weighted by Crippen LogP contribution is 2.28. The third-order valence-electron chi connectivity index (χ3n) is 4.67. The fourth-order valence-electron chi connectivity index (χ4n) is 3.35. The molecule has 130 valence electrons. The number of hydrogen-bond donors (Lipinski definition) is 1. The van der Waals surface area contributed by atoms with Crippen LogP contribution < -0.4 is 5.32 Å². The largest absolute Gasteiger partial charge is 0.319 e. The number of imide groups is 1. The first kappa shape index (κ1) is 17.1. The Hall–Kier alpha value is -1.77. The normalized spacial score (nSPS) is 22.1. The number of rotatable bonds is 4. The van der Waals surface area contributed by atoms with Crippen molar-refractivity contribution < 1.29 is 18.0 Å². The van der Waals surface area contributed by atoms with E-state index in [1.165, 1.54) is 29.6 Å². The minimum Gasteiger partial charge on any atom is -0.319 e. The van der Waals surface area contributed by atoms with Crippen LogP contribution in [-0.2, 0) is 10.0 Å². The second-order valence-corrected chi connectivity index (χ2v) is 8.24. The molecule has 1 fully saturated rings. The maximum absolute atomic E-state index is 12.9. The van der Waals surface area contributed by atoms with Crippen molar-refractivity contribution in [3.63, 3.8) is 0 Å². The van der Waals surface area contributed by atoms with Crippen LogP contribution in [0.3, 0.4) is 0 Å². The summed E-state index contributed by atoms with van der Waals surface area (Å²) >= 11 is 0. The lowest BCUT2D eigenvalue weighted by atomic mass is 10.00. The molecule has 1 unspecified atom stereocenters. The third kappa shape index (κ3) is 2.74. The summed E-state index contributed by atoms with van der Waals surface area (Å²) in [5.74, 6) is -0.577. The summed E-state index contributed by atoms with van der Waals surface area (Å²) in [6.45, 7) is 1.72. The summed E-state index contributed by atoms with van der Waals surface area (Å²) in [4.78, 5) is 25.1. The Morgan fingerprint density at radius 1 is 1.21 bits per heavy atom. The topological polar surface area (TPSA) is 86.8 Å². The van der Waals surface area contributed by atoms with Gasteiger partial charge in [0.05, 0.1) is 16.0 Å². The molecule has 2 heterocycles. The highest BCUT2D eigenvalue weighted by Gasteiger charge is 2.36. The number of carbonyl (C=O) groups excluding carboxylic acids is 2. The summed E-state index contributed by atoms with van der Waals surface area (Å²) in [5.41, 5.74) is 0.417. The molecular formula is C16H21N3O4S. The molecule has 0 aliphatic carbocycles. The molecule has 1 atom stereocenters. The van der Waals surface area contributed by atoms with Gasteiger partial charge in [-0.1, -0.05) is 0 Å². The van der Waals surface area contributed by atoms with Crippen molar-refractivity contribution in [3.05, 3.63) is 29.3 Å². The van der Waals surface area contributed by atoms with Gasteiger partial charge in [0.15, 0.2) is 0 Å². The van der Waals surface area contributed by atoms with E-state index in [1.807, 2.05) is 7.05 Å². The van der Waals surface area contributed by atoms with Crippen LogP contribution in [0.25, 0.3) is 0 Å². The fraction of sp³-hybridized carbons (Fsp3) is 0.500. The van der Waals surface area contributed by atoms with Crippen molar-refractivity contribution in [1.82, 2.24) is 14.5 Å². The minimum atomic E-state index is -3.67. The zero-order chi connectivity index (χ0) is 17.5. The van der Waals surface area contributed by atoms with E-state index in [-0.39, 0.29) is 21.9 Å². The van der Waals surface area contributed by atoms with E-state index in [1.54, 1.807) is 0 Å². The summed E-state index contributed by atoms with van der Waals surface area (Å²) in [5, 5.41) is 3.09. The van der Waals surface area contributed by atoms with Crippen LogP contribution in [-0.4, -0.2) is 63.2 Å². The van der Waals surface area contributed by atoms with Crippen LogP contribution in [0.15, 0.2) is 23.1 Å². The Kier molecular flexibility index (Phi) is 4.46. The number of amides is 2. The van der Waals surface area contributed by atoms with E-state index >= 15 is 0 Å². The maximum atomic E-state index is 12.9. The molecule has 2 aliphatic heterocycles. The number of piperidine rings is 1. The van der Waals surface area contributed by atoms with Gasteiger partial charge in [0.1, 0.15) is 0 Å². The molecule has 2 amide bonds. The first-order valence-electron chi connectivity index (χ1n) is 7.97. The number of fused-ring (bicyclic) bond motifs is 1. The monoisotopic (exact) mass is 351 g/mol. The SMILES string of the molecule is CNCC1CCCN(S(=O)(=O)c2ccc3c(c2)C(=O)N(C)C3=O)C1. The molecule has 1 aromatic rings. The van der Waals surface area contributed by atoms with Gasteiger partial charge in [-0.05, 0) is 50.6 Å². The Morgan fingerprint density at radius 3 is 2.62 bits per heavy atom. The lowest BCUT2D eigenvalue weighted by Gasteiger charge is -2.31. The quantitative estimate of drug-likeness (QED) is 0.800. The minimum absolute atomic E-state index is 0.0720. The molecule has 0 aromatic heterocycles. The van der Waals surface area contributed by atoms with Gasteiger partial charge >= 0.3 is 0 Å². The molecule has 1 saturated heterocycles. The van der Waals surface area contributed by atoms with E-state index in [0.29, 0.717) is 13.1 Å². The van der Waals surface area contributed by atoms with E-state index in [0.717, 1.165) is 24.3 Å². The zero-order valence-corrected chi connectivity index (χ0v) is 14.6. The van der Waals surface area contributed by atoms with Gasteiger partial charge in [0.2, 0.25) is 10.0 Å². The molecule has 3 rings (SSSR count). The molecule has 2 aliphatic rings. The molecule has 7 nitrogen and oxygen atoms in total. The first-order chi connectivity index (χ1) is 11.4. The Bertz CT molecular complexity index is 789. The number of hydrogen-bond acceptors (Lipinski definition) is 5. The van der Waals surface area contributed by atoms with Crippen LogP contribution in [0, 0.1) is 5.92 Å². The Balaban J connectivity index is 1.91. The van der Waals surface area contributed by atoms with Crippen molar-refractivity contribution in [3.8, 4) is 0 Å². The Morgan fingerprint density at radius 2 is 1.92 bits per heavy atom. The summed E-state index contributed by atoms with van der Waals surface area (Å²) in [7, 11) is -0.421. The van der Waals surface area contributed by atoms with Crippen LogP contribution in [0.1, 0.15) is 33.6 Å². The van der Waals surface area contributed by atoms with E-state index in [4.69, 9.17) is 0 Å². The molecule has 0 saturated carbocycles. The van der Waals surface area contributed by atoms with E-state index in [9.17, 15) is 18.0 Å². The van der Waals surface area contributed by atoms with Crippen molar-refractivity contribution >= 4 is 21.8 Å². The van der Waals surface area contributed by atoms with Gasteiger partial charge in [0.25, 0.3) is 11.8 Å². The summed E-state index contributed by atoms with van der Waals surface area (Å²) < 4.78 is 27.3. The smallest absolute Gasteiger partial charge is 0.261 e. The predicted molar refractivity (Wildman–Crippen MR) is 88.3 cm³/mol. The fourth-order valence-corrected chi connectivity index (χ4v) is 4.93. The average molecular weight is 351 g/mol. The standard InChI is InChI=1S/C16H21N3O4S/c1-17-9-11-4-3-7-19(10-11)24(22,23)12-5-6-13-14(8-12)16(21)18(2)15(13)20/h5-6,8,11,17H,3-4,7,9-10H2,1-2H3. The van der Waals surface area contributed by atoms with E-state index < -0.39 is 21.8 Å². The van der Waals surface area contributed by atoms with Gasteiger partial charge in [-0.15, -0.1) is 0 Å². The maximum Gasteiger partial charge on any atom is 0.261 e. The summed E-state index contributed by atoms with van der Waals surface area (Å²) in [6, 6.07) is 4.18. The highest BCUT2D eigenvalue weighted by atomic mass is 32.2. The number of nitrogens with one attached hydrogen (secondary N) is 1. The molecule has 1 N–H and O–H groups in total. The van der Waals surface area contributed by atoms with Gasteiger partial charge in [0, 0.05) is 20.1 Å². The molecule has 0 spiro atoms. The second kappa shape index (κ2) is 6.27. The van der Waals surface area contributed by atoms with Crippen LogP contribution >= 0.6 is 0 Å².